The normalized spacial score (nSPS) is 23.8. The van der Waals surface area contributed by atoms with Crippen LogP contribution in [0.1, 0.15) is 19.4 Å². The smallest absolute Gasteiger partial charge is 0.246 e. The molecule has 2 N–H and O–H groups in total. The van der Waals surface area contributed by atoms with E-state index in [9.17, 15) is 14.3 Å². The van der Waals surface area contributed by atoms with E-state index in [1.54, 1.807) is 15.9 Å². The molecule has 1 amide bonds. The molecule has 0 radical (unpaired) electrons. The quantitative estimate of drug-likeness (QED) is 0.272. The van der Waals surface area contributed by atoms with Gasteiger partial charge in [0.1, 0.15) is 17.5 Å². The van der Waals surface area contributed by atoms with Crippen LogP contribution in [0, 0.1) is 11.6 Å². The number of nitrogens with one attached hydrogen (secondary N) is 1. The molecule has 3 heterocycles. The third kappa shape index (κ3) is 5.75. The van der Waals surface area contributed by atoms with E-state index >= 15 is 4.39 Å². The van der Waals surface area contributed by atoms with Crippen LogP contribution in [0.4, 0.5) is 14.5 Å². The Hall–Kier alpha value is -2.41. The van der Waals surface area contributed by atoms with Crippen LogP contribution in [0.25, 0.3) is 11.1 Å². The molecule has 8 nitrogen and oxygen atoms in total. The highest BCUT2D eigenvalue weighted by Gasteiger charge is 2.40. The van der Waals surface area contributed by atoms with Crippen molar-refractivity contribution in [1.29, 1.82) is 0 Å². The molecule has 0 saturated carbocycles. The number of amides is 1. The first-order valence-electron chi connectivity index (χ1n) is 13.7. The highest BCUT2D eigenvalue weighted by atomic mass is 35.5. The molecular weight excluding hydrogens is 607 g/mol. The first kappa shape index (κ1) is 31.0. The standard InChI is InChI=1S/C29H33Cl2F2N5O3S/c1-5-24(39)38-15(2)11-36(12-16(38)3)28-19-9-21(31)25(18-8-20(30)23(33)10-22(18)32)27-26(19)37(29(40)35-28)13-17(14-42-27)41-7-6-34-4/h5,8-10,15-17,29,34,40H,1,6-7,11-14H2,2-4H3/t15-,16+,17?,29?. The Labute approximate surface area is 258 Å². The average molecular weight is 641 g/mol. The minimum atomic E-state index is -1.26. The highest BCUT2D eigenvalue weighted by molar-refractivity contribution is 7.99. The topological polar surface area (TPSA) is 80.6 Å². The molecule has 5 rings (SSSR count). The summed E-state index contributed by atoms with van der Waals surface area (Å²) in [6, 6.07) is 3.39. The number of carbonyl (C=O) groups is 1. The number of nitrogens with zero attached hydrogens (tertiary/aromatic N) is 4. The van der Waals surface area contributed by atoms with Gasteiger partial charge in [-0.05, 0) is 39.1 Å². The molecule has 2 aromatic carbocycles. The lowest BCUT2D eigenvalue weighted by Crippen LogP contribution is -2.60. The molecule has 0 aliphatic carbocycles. The summed E-state index contributed by atoms with van der Waals surface area (Å²) in [6.45, 7) is 9.92. The first-order chi connectivity index (χ1) is 20.0. The van der Waals surface area contributed by atoms with E-state index in [2.05, 4.69) is 11.9 Å². The molecule has 13 heteroatoms. The summed E-state index contributed by atoms with van der Waals surface area (Å²) in [5.41, 5.74) is 1.73. The van der Waals surface area contributed by atoms with Crippen molar-refractivity contribution in [2.75, 3.05) is 50.5 Å². The summed E-state index contributed by atoms with van der Waals surface area (Å²) >= 11 is 14.4. The lowest BCUT2D eigenvalue weighted by molar-refractivity contribution is -0.132. The fourth-order valence-corrected chi connectivity index (χ4v) is 7.70. The van der Waals surface area contributed by atoms with E-state index in [-0.39, 0.29) is 39.7 Å². The molecule has 4 atom stereocenters. The van der Waals surface area contributed by atoms with Crippen molar-refractivity contribution in [3.05, 3.63) is 58.1 Å². The zero-order chi connectivity index (χ0) is 30.3. The molecule has 2 unspecified atom stereocenters. The minimum absolute atomic E-state index is 0.0588. The maximum atomic E-state index is 15.3. The number of carbonyl (C=O) groups excluding carboxylic acids is 1. The monoisotopic (exact) mass is 639 g/mol. The number of hydrogen-bond acceptors (Lipinski definition) is 8. The molecule has 42 heavy (non-hydrogen) atoms. The van der Waals surface area contributed by atoms with Gasteiger partial charge in [-0.2, -0.15) is 0 Å². The van der Waals surface area contributed by atoms with Crippen molar-refractivity contribution in [3.63, 3.8) is 0 Å². The number of halogens is 4. The number of aliphatic hydroxyl groups excluding tert-OH is 1. The number of piperazine rings is 1. The Kier molecular flexibility index (Phi) is 9.36. The number of anilines is 1. The Balaban J connectivity index is 1.64. The fourth-order valence-electron chi connectivity index (χ4n) is 5.89. The SMILES string of the molecule is C=CC(=O)N1[C@H](C)CN(C2=NC(O)N3CC(OCCNC)CSc4c(-c5cc(Cl)c(F)cc5F)c(Cl)cc2c43)C[C@@H]1C. The van der Waals surface area contributed by atoms with Crippen molar-refractivity contribution in [2.45, 2.75) is 43.3 Å². The van der Waals surface area contributed by atoms with Crippen molar-refractivity contribution in [3.8, 4) is 11.1 Å². The van der Waals surface area contributed by atoms with E-state index in [4.69, 9.17) is 32.9 Å². The molecule has 226 valence electrons. The fraction of sp³-hybridized carbons (Fsp3) is 0.448. The van der Waals surface area contributed by atoms with Crippen LogP contribution in [-0.4, -0.2) is 96.8 Å². The number of ether oxygens (including phenoxy) is 1. The van der Waals surface area contributed by atoms with Crippen LogP contribution in [0.3, 0.4) is 0 Å². The van der Waals surface area contributed by atoms with E-state index in [1.165, 1.54) is 23.9 Å². The second kappa shape index (κ2) is 12.7. The first-order valence-corrected chi connectivity index (χ1v) is 15.4. The summed E-state index contributed by atoms with van der Waals surface area (Å²) in [6.07, 6.45) is -0.222. The molecule has 0 aromatic heterocycles. The molecular formula is C29H33Cl2F2N5O3S. The van der Waals surface area contributed by atoms with Gasteiger partial charge in [0.15, 0.2) is 0 Å². The van der Waals surface area contributed by atoms with Crippen LogP contribution in [0.15, 0.2) is 40.7 Å². The van der Waals surface area contributed by atoms with E-state index < -0.39 is 18.0 Å². The Bertz CT molecular complexity index is 1420. The van der Waals surface area contributed by atoms with Crippen LogP contribution in [0.5, 0.6) is 0 Å². The molecule has 2 aromatic rings. The summed E-state index contributed by atoms with van der Waals surface area (Å²) in [4.78, 5) is 23.4. The summed E-state index contributed by atoms with van der Waals surface area (Å²) in [7, 11) is 1.84. The van der Waals surface area contributed by atoms with Crippen molar-refractivity contribution < 1.29 is 23.4 Å². The molecule has 1 saturated heterocycles. The maximum Gasteiger partial charge on any atom is 0.246 e. The van der Waals surface area contributed by atoms with Gasteiger partial charge in [0.05, 0.1) is 28.4 Å². The van der Waals surface area contributed by atoms with E-state index in [0.29, 0.717) is 66.1 Å². The van der Waals surface area contributed by atoms with Gasteiger partial charge in [-0.1, -0.05) is 29.8 Å². The summed E-state index contributed by atoms with van der Waals surface area (Å²) in [5, 5.41) is 14.5. The molecule has 1 fully saturated rings. The van der Waals surface area contributed by atoms with Gasteiger partial charge in [-0.3, -0.25) is 4.79 Å². The molecule has 3 aliphatic heterocycles. The third-order valence-electron chi connectivity index (χ3n) is 7.70. The number of aliphatic hydroxyl groups is 1. The number of thioether (sulfide) groups is 1. The number of hydrogen-bond donors (Lipinski definition) is 2. The van der Waals surface area contributed by atoms with Crippen molar-refractivity contribution >= 4 is 52.4 Å². The minimum Gasteiger partial charge on any atom is -0.374 e. The number of rotatable bonds is 6. The number of benzene rings is 2. The lowest BCUT2D eigenvalue weighted by Gasteiger charge is -2.47. The number of amidine groups is 1. The van der Waals surface area contributed by atoms with Crippen molar-refractivity contribution in [2.24, 2.45) is 4.99 Å². The molecule has 3 aliphatic rings. The maximum absolute atomic E-state index is 15.3. The zero-order valence-corrected chi connectivity index (χ0v) is 25.9. The van der Waals surface area contributed by atoms with E-state index in [0.717, 1.165) is 6.07 Å². The second-order valence-electron chi connectivity index (χ2n) is 10.6. The van der Waals surface area contributed by atoms with Gasteiger partial charge >= 0.3 is 0 Å². The predicted octanol–water partition coefficient (Wildman–Crippen LogP) is 4.60. The summed E-state index contributed by atoms with van der Waals surface area (Å²) in [5.74, 6) is -0.792. The largest absolute Gasteiger partial charge is 0.374 e. The van der Waals surface area contributed by atoms with Gasteiger partial charge in [0.2, 0.25) is 12.3 Å². The van der Waals surface area contributed by atoms with Gasteiger partial charge in [-0.15, -0.1) is 11.8 Å². The lowest BCUT2D eigenvalue weighted by atomic mass is 9.97. The van der Waals surface area contributed by atoms with E-state index in [1.807, 2.05) is 25.8 Å². The zero-order valence-electron chi connectivity index (χ0n) is 23.5. The number of likely N-dealkylation sites (N-methyl/N-ethyl adjacent to an activating group) is 1. The molecule has 0 spiro atoms. The second-order valence-corrected chi connectivity index (χ2v) is 12.5. The van der Waals surface area contributed by atoms with Crippen LogP contribution in [0.2, 0.25) is 10.0 Å². The Morgan fingerprint density at radius 3 is 2.52 bits per heavy atom. The molecule has 0 bridgehead atoms. The predicted molar refractivity (Wildman–Crippen MR) is 164 cm³/mol. The van der Waals surface area contributed by atoms with Gasteiger partial charge < -0.3 is 29.9 Å². The van der Waals surface area contributed by atoms with Gasteiger partial charge in [-0.25, -0.2) is 13.8 Å². The van der Waals surface area contributed by atoms with Crippen LogP contribution >= 0.6 is 35.0 Å². The third-order valence-corrected chi connectivity index (χ3v) is 9.51. The summed E-state index contributed by atoms with van der Waals surface area (Å²) < 4.78 is 35.5. The van der Waals surface area contributed by atoms with Gasteiger partial charge in [0.25, 0.3) is 0 Å². The van der Waals surface area contributed by atoms with Crippen LogP contribution < -0.4 is 10.2 Å². The average Bonchev–Trinajstić information content (AvgIpc) is 3.13. The Morgan fingerprint density at radius 1 is 1.17 bits per heavy atom. The van der Waals surface area contributed by atoms with Crippen molar-refractivity contribution in [1.82, 2.24) is 15.1 Å². The highest BCUT2D eigenvalue weighted by Crippen LogP contribution is 2.50. The Morgan fingerprint density at radius 2 is 1.86 bits per heavy atom. The van der Waals surface area contributed by atoms with Crippen LogP contribution in [-0.2, 0) is 9.53 Å². The number of aliphatic imine (C=N–C) groups is 1. The van der Waals surface area contributed by atoms with Gasteiger partial charge in [0, 0.05) is 71.7 Å².